The largest absolute Gasteiger partial charge is 0.497 e. The molecule has 0 saturated heterocycles. The third-order valence-corrected chi connectivity index (χ3v) is 4.35. The first-order valence-electron chi connectivity index (χ1n) is 7.85. The lowest BCUT2D eigenvalue weighted by Crippen LogP contribution is -2.10. The zero-order chi connectivity index (χ0) is 18.1. The van der Waals surface area contributed by atoms with Crippen LogP contribution >= 0.6 is 0 Å². The maximum atomic E-state index is 13.0. The minimum absolute atomic E-state index is 0.116. The highest BCUT2D eigenvalue weighted by molar-refractivity contribution is 5.90. The molecule has 1 heterocycles. The fraction of sp³-hybridized carbons (Fsp3) is 0.250. The Balaban J connectivity index is 2.36. The van der Waals surface area contributed by atoms with Crippen LogP contribution in [0, 0.1) is 13.8 Å². The topological polar surface area (TPSA) is 57.9 Å². The average Bonchev–Trinajstić information content (AvgIpc) is 2.65. The third kappa shape index (κ3) is 2.71. The lowest BCUT2D eigenvalue weighted by Gasteiger charge is -2.14. The van der Waals surface area contributed by atoms with E-state index in [1.807, 2.05) is 31.2 Å². The molecule has 5 heteroatoms. The summed E-state index contributed by atoms with van der Waals surface area (Å²) in [5, 5.41) is 0.426. The summed E-state index contributed by atoms with van der Waals surface area (Å²) in [6.45, 7) is 3.61. The van der Waals surface area contributed by atoms with E-state index in [1.165, 1.54) is 7.11 Å². The van der Waals surface area contributed by atoms with Gasteiger partial charge in [0.25, 0.3) is 0 Å². The molecule has 0 N–H and O–H groups in total. The lowest BCUT2D eigenvalue weighted by atomic mass is 10.0. The second kappa shape index (κ2) is 6.51. The van der Waals surface area contributed by atoms with Crippen LogP contribution in [0.4, 0.5) is 0 Å². The van der Waals surface area contributed by atoms with E-state index >= 15 is 0 Å². The van der Waals surface area contributed by atoms with Gasteiger partial charge in [0, 0.05) is 22.8 Å². The van der Waals surface area contributed by atoms with E-state index in [0.717, 1.165) is 16.9 Å². The first-order valence-corrected chi connectivity index (χ1v) is 7.85. The summed E-state index contributed by atoms with van der Waals surface area (Å²) >= 11 is 0. The first-order chi connectivity index (χ1) is 12.0. The van der Waals surface area contributed by atoms with E-state index in [-0.39, 0.29) is 5.43 Å². The number of ether oxygens (including phenoxy) is 3. The molecule has 0 unspecified atom stereocenters. The number of hydrogen-bond acceptors (Lipinski definition) is 5. The van der Waals surface area contributed by atoms with Gasteiger partial charge in [0.2, 0.25) is 0 Å². The number of rotatable bonds is 4. The molecule has 3 rings (SSSR count). The van der Waals surface area contributed by atoms with Crippen molar-refractivity contribution in [3.8, 4) is 28.6 Å². The second-order valence-electron chi connectivity index (χ2n) is 5.72. The predicted molar refractivity (Wildman–Crippen MR) is 97.1 cm³/mol. The highest BCUT2D eigenvalue weighted by atomic mass is 16.5. The van der Waals surface area contributed by atoms with Gasteiger partial charge in [0.05, 0.1) is 21.3 Å². The van der Waals surface area contributed by atoms with Gasteiger partial charge >= 0.3 is 0 Å². The number of fused-ring (bicyclic) bond motifs is 1. The number of benzene rings is 2. The van der Waals surface area contributed by atoms with E-state index in [2.05, 4.69) is 0 Å². The van der Waals surface area contributed by atoms with E-state index in [0.29, 0.717) is 33.8 Å². The van der Waals surface area contributed by atoms with Crippen LogP contribution in [0.25, 0.3) is 22.3 Å². The second-order valence-corrected chi connectivity index (χ2v) is 5.72. The minimum atomic E-state index is -0.116. The maximum Gasteiger partial charge on any atom is 0.199 e. The lowest BCUT2D eigenvalue weighted by molar-refractivity contribution is 0.394. The molecule has 130 valence electrons. The molecule has 0 fully saturated rings. The molecule has 0 aliphatic heterocycles. The number of hydrogen-bond donors (Lipinski definition) is 0. The van der Waals surface area contributed by atoms with Crippen LogP contribution in [0.5, 0.6) is 17.2 Å². The molecule has 0 radical (unpaired) electrons. The summed E-state index contributed by atoms with van der Waals surface area (Å²) in [6, 6.07) is 9.10. The van der Waals surface area contributed by atoms with Gasteiger partial charge in [-0.2, -0.15) is 0 Å². The summed E-state index contributed by atoms with van der Waals surface area (Å²) in [6.07, 6.45) is 0. The Kier molecular flexibility index (Phi) is 4.40. The van der Waals surface area contributed by atoms with Gasteiger partial charge in [-0.1, -0.05) is 0 Å². The van der Waals surface area contributed by atoms with Gasteiger partial charge in [-0.25, -0.2) is 0 Å². The molecule has 2 aromatic carbocycles. The zero-order valence-corrected chi connectivity index (χ0v) is 14.9. The summed E-state index contributed by atoms with van der Waals surface area (Å²) in [4.78, 5) is 13.0. The molecule has 0 aliphatic rings. The molecule has 0 atom stereocenters. The van der Waals surface area contributed by atoms with Crippen molar-refractivity contribution in [3.63, 3.8) is 0 Å². The van der Waals surface area contributed by atoms with Crippen molar-refractivity contribution in [2.75, 3.05) is 21.3 Å². The maximum absolute atomic E-state index is 13.0. The molecule has 0 aliphatic carbocycles. The van der Waals surface area contributed by atoms with Gasteiger partial charge < -0.3 is 18.6 Å². The van der Waals surface area contributed by atoms with Gasteiger partial charge in [-0.3, -0.25) is 4.79 Å². The fourth-order valence-corrected chi connectivity index (χ4v) is 2.91. The van der Waals surface area contributed by atoms with E-state index < -0.39 is 0 Å². The molecule has 0 spiro atoms. The number of methoxy groups -OCH3 is 3. The van der Waals surface area contributed by atoms with Crippen molar-refractivity contribution >= 4 is 11.0 Å². The molecular weight excluding hydrogens is 320 g/mol. The Bertz CT molecular complexity index is 984. The van der Waals surface area contributed by atoms with Crippen LogP contribution in [0.2, 0.25) is 0 Å². The van der Waals surface area contributed by atoms with E-state index in [9.17, 15) is 4.79 Å². The normalized spacial score (nSPS) is 10.8. The summed E-state index contributed by atoms with van der Waals surface area (Å²) in [5.74, 6) is 2.32. The standard InChI is InChI=1S/C20H20O5/c1-11-15(23-4)10-16(24-5)17-18(21)12(2)19(25-20(11)17)13-6-8-14(22-3)9-7-13/h6-10H,1-5H3. The molecule has 0 amide bonds. The molecule has 3 aromatic rings. The molecule has 25 heavy (non-hydrogen) atoms. The quantitative estimate of drug-likeness (QED) is 0.715. The van der Waals surface area contributed by atoms with Crippen LogP contribution in [-0.2, 0) is 0 Å². The Morgan fingerprint density at radius 3 is 2.04 bits per heavy atom. The highest BCUT2D eigenvalue weighted by Gasteiger charge is 2.20. The SMILES string of the molecule is COc1ccc(-c2oc3c(C)c(OC)cc(OC)c3c(=O)c2C)cc1. The van der Waals surface area contributed by atoms with Crippen molar-refractivity contribution in [1.82, 2.24) is 0 Å². The summed E-state index contributed by atoms with van der Waals surface area (Å²) < 4.78 is 22.1. The Morgan fingerprint density at radius 2 is 1.48 bits per heavy atom. The smallest absolute Gasteiger partial charge is 0.199 e. The van der Waals surface area contributed by atoms with Crippen LogP contribution < -0.4 is 19.6 Å². The molecular formula is C20H20O5. The van der Waals surface area contributed by atoms with Crippen molar-refractivity contribution < 1.29 is 18.6 Å². The molecule has 0 bridgehead atoms. The van der Waals surface area contributed by atoms with Gasteiger partial charge in [-0.15, -0.1) is 0 Å². The monoisotopic (exact) mass is 340 g/mol. The van der Waals surface area contributed by atoms with Crippen LogP contribution in [-0.4, -0.2) is 21.3 Å². The van der Waals surface area contributed by atoms with Gasteiger partial charge in [0.15, 0.2) is 5.43 Å². The molecule has 0 saturated carbocycles. The number of aryl methyl sites for hydroxylation is 1. The predicted octanol–water partition coefficient (Wildman–Crippen LogP) is 4.10. The van der Waals surface area contributed by atoms with Gasteiger partial charge in [-0.05, 0) is 38.1 Å². The van der Waals surface area contributed by atoms with Crippen molar-refractivity contribution in [3.05, 3.63) is 51.7 Å². The van der Waals surface area contributed by atoms with Crippen LogP contribution in [0.15, 0.2) is 39.5 Å². The van der Waals surface area contributed by atoms with Crippen molar-refractivity contribution in [2.45, 2.75) is 13.8 Å². The van der Waals surface area contributed by atoms with Crippen LogP contribution in [0.1, 0.15) is 11.1 Å². The third-order valence-electron chi connectivity index (χ3n) is 4.35. The van der Waals surface area contributed by atoms with Crippen molar-refractivity contribution in [2.24, 2.45) is 0 Å². The first kappa shape index (κ1) is 16.9. The van der Waals surface area contributed by atoms with E-state index in [4.69, 9.17) is 18.6 Å². The Hall–Kier alpha value is -2.95. The molecule has 5 nitrogen and oxygen atoms in total. The zero-order valence-electron chi connectivity index (χ0n) is 14.9. The Labute approximate surface area is 145 Å². The fourth-order valence-electron chi connectivity index (χ4n) is 2.91. The van der Waals surface area contributed by atoms with E-state index in [1.54, 1.807) is 27.2 Å². The summed E-state index contributed by atoms with van der Waals surface area (Å²) in [5.41, 5.74) is 2.44. The van der Waals surface area contributed by atoms with Gasteiger partial charge in [0.1, 0.15) is 34.0 Å². The average molecular weight is 340 g/mol. The van der Waals surface area contributed by atoms with Crippen molar-refractivity contribution in [1.29, 1.82) is 0 Å². The molecule has 1 aromatic heterocycles. The van der Waals surface area contributed by atoms with Crippen LogP contribution in [0.3, 0.4) is 0 Å². The Morgan fingerprint density at radius 1 is 0.840 bits per heavy atom. The minimum Gasteiger partial charge on any atom is -0.497 e. The highest BCUT2D eigenvalue weighted by Crippen LogP contribution is 2.36. The summed E-state index contributed by atoms with van der Waals surface area (Å²) in [7, 11) is 4.71.